The van der Waals surface area contributed by atoms with Crippen LogP contribution in [0.5, 0.6) is 0 Å². The number of thiophene rings is 1. The van der Waals surface area contributed by atoms with Crippen LogP contribution in [-0.2, 0) is 0 Å². The molecule has 0 fully saturated rings. The molecule has 1 aromatic heterocycles. The van der Waals surface area contributed by atoms with Gasteiger partial charge in [-0.25, -0.2) is 0 Å². The van der Waals surface area contributed by atoms with Crippen LogP contribution in [0.2, 0.25) is 0 Å². The molecule has 2 heteroatoms. The Balaban J connectivity index is 1.19. The van der Waals surface area contributed by atoms with Gasteiger partial charge in [-0.3, -0.25) is 0 Å². The molecule has 198 valence electrons. The number of rotatable bonds is 5. The maximum absolute atomic E-state index is 3.58. The molecule has 0 saturated carbocycles. The van der Waals surface area contributed by atoms with Crippen LogP contribution < -0.4 is 5.32 Å². The Morgan fingerprint density at radius 2 is 1.02 bits per heavy atom. The van der Waals surface area contributed by atoms with Gasteiger partial charge in [-0.05, 0) is 75.0 Å². The molecule has 8 aromatic rings. The lowest BCUT2D eigenvalue weighted by atomic mass is 9.91. The highest BCUT2D eigenvalue weighted by molar-refractivity contribution is 7.26. The standard InChI is InChI=1S/C40H27NS/c1-2-8-27(9-3-1)29-16-20-33(21-17-29)41-34-22-18-30(19-23-34)35-24-25-37-36-12-6-7-13-38(36)42-40(37)39(35)32-15-14-28-10-4-5-11-31(28)26-32/h1-26,41H. The Bertz CT molecular complexity index is 2190. The Hall–Kier alpha value is -5.18. The molecular weight excluding hydrogens is 527 g/mol. The summed E-state index contributed by atoms with van der Waals surface area (Å²) in [6.07, 6.45) is 0. The van der Waals surface area contributed by atoms with Gasteiger partial charge in [0.1, 0.15) is 0 Å². The zero-order chi connectivity index (χ0) is 27.9. The molecule has 1 heterocycles. The summed E-state index contributed by atoms with van der Waals surface area (Å²) in [6, 6.07) is 56.8. The van der Waals surface area contributed by atoms with E-state index >= 15 is 0 Å². The van der Waals surface area contributed by atoms with E-state index in [-0.39, 0.29) is 0 Å². The molecular formula is C40H27NS. The molecule has 0 atom stereocenters. The van der Waals surface area contributed by atoms with Crippen LogP contribution in [-0.4, -0.2) is 0 Å². The first-order chi connectivity index (χ1) is 20.8. The lowest BCUT2D eigenvalue weighted by Crippen LogP contribution is -1.91. The summed E-state index contributed by atoms with van der Waals surface area (Å²) in [5, 5.41) is 8.74. The van der Waals surface area contributed by atoms with Crippen LogP contribution in [0.3, 0.4) is 0 Å². The first-order valence-electron chi connectivity index (χ1n) is 14.3. The number of nitrogens with one attached hydrogen (secondary N) is 1. The van der Waals surface area contributed by atoms with Gasteiger partial charge in [0.25, 0.3) is 0 Å². The topological polar surface area (TPSA) is 12.0 Å². The lowest BCUT2D eigenvalue weighted by molar-refractivity contribution is 1.53. The predicted molar refractivity (Wildman–Crippen MR) is 183 cm³/mol. The average Bonchev–Trinajstić information content (AvgIpc) is 3.44. The van der Waals surface area contributed by atoms with Crippen LogP contribution in [0.4, 0.5) is 11.4 Å². The van der Waals surface area contributed by atoms with Gasteiger partial charge >= 0.3 is 0 Å². The average molecular weight is 554 g/mol. The number of hydrogen-bond donors (Lipinski definition) is 1. The van der Waals surface area contributed by atoms with Crippen molar-refractivity contribution in [2.45, 2.75) is 0 Å². The van der Waals surface area contributed by atoms with Gasteiger partial charge in [0.05, 0.1) is 0 Å². The fourth-order valence-corrected chi connectivity index (χ4v) is 7.21. The van der Waals surface area contributed by atoms with Gasteiger partial charge in [-0.15, -0.1) is 11.3 Å². The minimum atomic E-state index is 1.07. The summed E-state index contributed by atoms with van der Waals surface area (Å²) in [6.45, 7) is 0. The highest BCUT2D eigenvalue weighted by Crippen LogP contribution is 2.45. The third-order valence-corrected chi connectivity index (χ3v) is 9.27. The number of benzene rings is 7. The molecule has 7 aromatic carbocycles. The van der Waals surface area contributed by atoms with Crippen molar-refractivity contribution in [3.8, 4) is 33.4 Å². The lowest BCUT2D eigenvalue weighted by Gasteiger charge is -2.14. The first kappa shape index (κ1) is 24.6. The van der Waals surface area contributed by atoms with Crippen LogP contribution in [0.15, 0.2) is 158 Å². The van der Waals surface area contributed by atoms with Crippen molar-refractivity contribution < 1.29 is 0 Å². The zero-order valence-electron chi connectivity index (χ0n) is 22.9. The van der Waals surface area contributed by atoms with Gasteiger partial charge in [0, 0.05) is 37.1 Å². The molecule has 1 N–H and O–H groups in total. The van der Waals surface area contributed by atoms with E-state index < -0.39 is 0 Å². The van der Waals surface area contributed by atoms with E-state index in [1.54, 1.807) is 0 Å². The minimum absolute atomic E-state index is 1.07. The third-order valence-electron chi connectivity index (χ3n) is 8.06. The van der Waals surface area contributed by atoms with E-state index in [1.165, 1.54) is 64.3 Å². The minimum Gasteiger partial charge on any atom is -0.356 e. The maximum Gasteiger partial charge on any atom is 0.0440 e. The van der Waals surface area contributed by atoms with E-state index in [1.807, 2.05) is 11.3 Å². The molecule has 1 nitrogen and oxygen atoms in total. The maximum atomic E-state index is 3.58. The molecule has 0 radical (unpaired) electrons. The van der Waals surface area contributed by atoms with Gasteiger partial charge in [0.15, 0.2) is 0 Å². The molecule has 8 rings (SSSR count). The highest BCUT2D eigenvalue weighted by atomic mass is 32.1. The van der Waals surface area contributed by atoms with Crippen molar-refractivity contribution in [3.63, 3.8) is 0 Å². The largest absolute Gasteiger partial charge is 0.356 e. The molecule has 0 aliphatic rings. The predicted octanol–water partition coefficient (Wildman–Crippen LogP) is 12.0. The summed E-state index contributed by atoms with van der Waals surface area (Å²) in [7, 11) is 0. The van der Waals surface area contributed by atoms with Crippen molar-refractivity contribution in [1.29, 1.82) is 0 Å². The van der Waals surface area contributed by atoms with Gasteiger partial charge in [-0.1, -0.05) is 121 Å². The van der Waals surface area contributed by atoms with E-state index in [2.05, 4.69) is 163 Å². The highest BCUT2D eigenvalue weighted by Gasteiger charge is 2.16. The second kappa shape index (κ2) is 10.3. The van der Waals surface area contributed by atoms with Gasteiger partial charge < -0.3 is 5.32 Å². The van der Waals surface area contributed by atoms with Crippen molar-refractivity contribution >= 4 is 53.7 Å². The summed E-state index contributed by atoms with van der Waals surface area (Å²) in [5.41, 5.74) is 9.61. The van der Waals surface area contributed by atoms with Crippen LogP contribution >= 0.6 is 11.3 Å². The molecule has 0 saturated heterocycles. The fourth-order valence-electron chi connectivity index (χ4n) is 5.94. The van der Waals surface area contributed by atoms with E-state index in [4.69, 9.17) is 0 Å². The van der Waals surface area contributed by atoms with Gasteiger partial charge in [0.2, 0.25) is 0 Å². The summed E-state index contributed by atoms with van der Waals surface area (Å²) in [4.78, 5) is 0. The number of anilines is 2. The molecule has 42 heavy (non-hydrogen) atoms. The second-order valence-corrected chi connectivity index (χ2v) is 11.7. The van der Waals surface area contributed by atoms with E-state index in [0.29, 0.717) is 0 Å². The second-order valence-electron chi connectivity index (χ2n) is 10.7. The third kappa shape index (κ3) is 4.43. The van der Waals surface area contributed by atoms with Crippen LogP contribution in [0.1, 0.15) is 0 Å². The molecule has 0 spiro atoms. The van der Waals surface area contributed by atoms with Crippen molar-refractivity contribution in [2.75, 3.05) is 5.32 Å². The summed E-state index contributed by atoms with van der Waals surface area (Å²) >= 11 is 1.89. The first-order valence-corrected chi connectivity index (χ1v) is 15.1. The Labute approximate surface area is 249 Å². The van der Waals surface area contributed by atoms with Crippen molar-refractivity contribution in [2.24, 2.45) is 0 Å². The summed E-state index contributed by atoms with van der Waals surface area (Å²) in [5.74, 6) is 0. The Morgan fingerprint density at radius 3 is 1.81 bits per heavy atom. The molecule has 0 unspecified atom stereocenters. The smallest absolute Gasteiger partial charge is 0.0440 e. The number of fused-ring (bicyclic) bond motifs is 4. The summed E-state index contributed by atoms with van der Waals surface area (Å²) < 4.78 is 2.66. The quantitative estimate of drug-likeness (QED) is 0.223. The Kier molecular flexibility index (Phi) is 6.05. The molecule has 0 bridgehead atoms. The zero-order valence-corrected chi connectivity index (χ0v) is 23.7. The SMILES string of the molecule is c1ccc(-c2ccc(Nc3ccc(-c4ccc5c(sc6ccccc65)c4-c4ccc5ccccc5c4)cc3)cc2)cc1. The number of hydrogen-bond acceptors (Lipinski definition) is 2. The van der Waals surface area contributed by atoms with Crippen LogP contribution in [0, 0.1) is 0 Å². The van der Waals surface area contributed by atoms with Crippen LogP contribution in [0.25, 0.3) is 64.3 Å². The van der Waals surface area contributed by atoms with Crippen molar-refractivity contribution in [3.05, 3.63) is 158 Å². The fraction of sp³-hybridized carbons (Fsp3) is 0. The monoisotopic (exact) mass is 553 g/mol. The van der Waals surface area contributed by atoms with Gasteiger partial charge in [-0.2, -0.15) is 0 Å². The molecule has 0 aliphatic heterocycles. The molecule has 0 aliphatic carbocycles. The van der Waals surface area contributed by atoms with E-state index in [0.717, 1.165) is 11.4 Å². The normalized spacial score (nSPS) is 11.3. The Morgan fingerprint density at radius 1 is 0.405 bits per heavy atom. The van der Waals surface area contributed by atoms with E-state index in [9.17, 15) is 0 Å². The molecule has 0 amide bonds. The van der Waals surface area contributed by atoms with Crippen molar-refractivity contribution in [1.82, 2.24) is 0 Å².